The van der Waals surface area contributed by atoms with E-state index < -0.39 is 0 Å². The van der Waals surface area contributed by atoms with E-state index in [1.807, 2.05) is 18.2 Å². The molecule has 1 aliphatic heterocycles. The van der Waals surface area contributed by atoms with Crippen LogP contribution in [0, 0.1) is 0 Å². The molecule has 0 aromatic carbocycles. The monoisotopic (exact) mass is 305 g/mol. The van der Waals surface area contributed by atoms with Gasteiger partial charge in [-0.2, -0.15) is 0 Å². The third-order valence-electron chi connectivity index (χ3n) is 4.29. The number of carbonyl (C=O) groups excluding carboxylic acids is 1. The Morgan fingerprint density at radius 3 is 2.73 bits per heavy atom. The second-order valence-corrected chi connectivity index (χ2v) is 5.85. The van der Waals surface area contributed by atoms with Crippen molar-refractivity contribution >= 4 is 6.03 Å². The maximum Gasteiger partial charge on any atom is 0.315 e. The average Bonchev–Trinajstić information content (AvgIpc) is 2.99. The highest BCUT2D eigenvalue weighted by molar-refractivity contribution is 5.74. The topological polar surface area (TPSA) is 72.5 Å². The molecule has 0 bridgehead atoms. The number of hydrogen-bond acceptors (Lipinski definition) is 4. The molecule has 0 unspecified atom stereocenters. The Morgan fingerprint density at radius 2 is 2.05 bits per heavy atom. The molecule has 0 atom stereocenters. The van der Waals surface area contributed by atoms with Gasteiger partial charge in [0.05, 0.1) is 13.2 Å². The van der Waals surface area contributed by atoms with Crippen molar-refractivity contribution in [3.8, 4) is 0 Å². The summed E-state index contributed by atoms with van der Waals surface area (Å²) in [7, 11) is 0. The minimum atomic E-state index is -0.367. The third-order valence-corrected chi connectivity index (χ3v) is 4.29. The first kappa shape index (κ1) is 15.2. The van der Waals surface area contributed by atoms with E-state index in [1.54, 1.807) is 6.20 Å². The second-order valence-electron chi connectivity index (χ2n) is 5.85. The van der Waals surface area contributed by atoms with Crippen LogP contribution in [0.15, 0.2) is 24.4 Å². The molecule has 1 aromatic rings. The van der Waals surface area contributed by atoms with E-state index >= 15 is 0 Å². The van der Waals surface area contributed by atoms with Crippen molar-refractivity contribution in [3.05, 3.63) is 30.1 Å². The highest BCUT2D eigenvalue weighted by atomic mass is 16.7. The summed E-state index contributed by atoms with van der Waals surface area (Å²) in [5.41, 5.74) is 0.984. The van der Waals surface area contributed by atoms with Crippen LogP contribution >= 0.6 is 0 Å². The van der Waals surface area contributed by atoms with E-state index in [2.05, 4.69) is 15.6 Å². The minimum Gasteiger partial charge on any atom is -0.348 e. The van der Waals surface area contributed by atoms with Crippen LogP contribution in [-0.2, 0) is 15.9 Å². The lowest BCUT2D eigenvalue weighted by Gasteiger charge is -2.35. The predicted molar refractivity (Wildman–Crippen MR) is 81.4 cm³/mol. The van der Waals surface area contributed by atoms with Gasteiger partial charge in [-0.3, -0.25) is 4.98 Å². The molecule has 2 amide bonds. The van der Waals surface area contributed by atoms with Crippen molar-refractivity contribution in [1.29, 1.82) is 0 Å². The molecule has 1 saturated carbocycles. The standard InChI is InChI=1S/C16H23N3O3/c20-15(18-10-6-13-3-1-2-9-17-13)19-14-4-7-16(8-5-14)21-11-12-22-16/h1-3,9,14H,4-8,10-12H2,(H2,18,19,20). The van der Waals surface area contributed by atoms with Crippen LogP contribution in [0.1, 0.15) is 31.4 Å². The number of aromatic nitrogens is 1. The lowest BCUT2D eigenvalue weighted by molar-refractivity contribution is -0.179. The average molecular weight is 305 g/mol. The fourth-order valence-corrected chi connectivity index (χ4v) is 3.07. The number of amides is 2. The first-order valence-electron chi connectivity index (χ1n) is 7.98. The molecule has 1 saturated heterocycles. The molecule has 2 N–H and O–H groups in total. The summed E-state index contributed by atoms with van der Waals surface area (Å²) in [6.07, 6.45) is 6.00. The van der Waals surface area contributed by atoms with Gasteiger partial charge < -0.3 is 20.1 Å². The molecule has 2 aliphatic rings. The fraction of sp³-hybridized carbons (Fsp3) is 0.625. The van der Waals surface area contributed by atoms with Gasteiger partial charge in [0, 0.05) is 43.7 Å². The van der Waals surface area contributed by atoms with E-state index in [1.165, 1.54) is 0 Å². The number of urea groups is 1. The van der Waals surface area contributed by atoms with Gasteiger partial charge in [-0.25, -0.2) is 4.79 Å². The first-order valence-corrected chi connectivity index (χ1v) is 7.98. The summed E-state index contributed by atoms with van der Waals surface area (Å²) in [5.74, 6) is -0.367. The SMILES string of the molecule is O=C(NCCc1ccccn1)NC1CCC2(CC1)OCCO2. The molecular formula is C16H23N3O3. The van der Waals surface area contributed by atoms with Gasteiger partial charge in [0.2, 0.25) is 0 Å². The maximum atomic E-state index is 11.9. The van der Waals surface area contributed by atoms with E-state index in [9.17, 15) is 4.79 Å². The molecule has 0 radical (unpaired) electrons. The van der Waals surface area contributed by atoms with Crippen molar-refractivity contribution in [2.45, 2.75) is 43.9 Å². The molecule has 3 rings (SSSR count). The van der Waals surface area contributed by atoms with Crippen molar-refractivity contribution in [1.82, 2.24) is 15.6 Å². The Morgan fingerprint density at radius 1 is 1.27 bits per heavy atom. The molecule has 6 nitrogen and oxygen atoms in total. The summed E-state index contributed by atoms with van der Waals surface area (Å²) in [4.78, 5) is 16.1. The Labute approximate surface area is 130 Å². The van der Waals surface area contributed by atoms with Crippen LogP contribution in [0.3, 0.4) is 0 Å². The number of pyridine rings is 1. The van der Waals surface area contributed by atoms with E-state index in [0.29, 0.717) is 19.8 Å². The van der Waals surface area contributed by atoms with Crippen molar-refractivity contribution in [2.75, 3.05) is 19.8 Å². The Hall–Kier alpha value is -1.66. The van der Waals surface area contributed by atoms with E-state index in [-0.39, 0.29) is 17.9 Å². The van der Waals surface area contributed by atoms with Crippen molar-refractivity contribution < 1.29 is 14.3 Å². The van der Waals surface area contributed by atoms with Gasteiger partial charge in [-0.05, 0) is 25.0 Å². The summed E-state index contributed by atoms with van der Waals surface area (Å²) in [6, 6.07) is 5.89. The van der Waals surface area contributed by atoms with Gasteiger partial charge in [0.25, 0.3) is 0 Å². The lowest BCUT2D eigenvalue weighted by atomic mass is 9.90. The summed E-state index contributed by atoms with van der Waals surface area (Å²) in [6.45, 7) is 1.96. The summed E-state index contributed by atoms with van der Waals surface area (Å²) < 4.78 is 11.4. The zero-order chi connectivity index (χ0) is 15.3. The molecule has 22 heavy (non-hydrogen) atoms. The van der Waals surface area contributed by atoms with Crippen molar-refractivity contribution in [3.63, 3.8) is 0 Å². The normalized spacial score (nSPS) is 20.9. The fourth-order valence-electron chi connectivity index (χ4n) is 3.07. The summed E-state index contributed by atoms with van der Waals surface area (Å²) in [5, 5.41) is 5.92. The molecule has 120 valence electrons. The molecule has 1 spiro atoms. The zero-order valence-electron chi connectivity index (χ0n) is 12.7. The third kappa shape index (κ3) is 3.96. The molecular weight excluding hydrogens is 282 g/mol. The van der Waals surface area contributed by atoms with E-state index in [0.717, 1.165) is 37.8 Å². The first-order chi connectivity index (χ1) is 10.8. The molecule has 2 fully saturated rings. The number of rotatable bonds is 4. The summed E-state index contributed by atoms with van der Waals surface area (Å²) >= 11 is 0. The highest BCUT2D eigenvalue weighted by Crippen LogP contribution is 2.35. The quantitative estimate of drug-likeness (QED) is 0.886. The molecule has 1 aliphatic carbocycles. The Kier molecular flexibility index (Phi) is 4.90. The molecule has 6 heteroatoms. The van der Waals surface area contributed by atoms with Gasteiger partial charge in [0.15, 0.2) is 5.79 Å². The number of nitrogens with one attached hydrogen (secondary N) is 2. The second kappa shape index (κ2) is 7.07. The number of nitrogens with zero attached hydrogens (tertiary/aromatic N) is 1. The van der Waals surface area contributed by atoms with Crippen molar-refractivity contribution in [2.24, 2.45) is 0 Å². The molecule has 1 aromatic heterocycles. The van der Waals surface area contributed by atoms with Crippen LogP contribution in [0.25, 0.3) is 0 Å². The maximum absolute atomic E-state index is 11.9. The van der Waals surface area contributed by atoms with Gasteiger partial charge in [-0.1, -0.05) is 6.07 Å². The largest absolute Gasteiger partial charge is 0.348 e. The number of ether oxygens (including phenoxy) is 2. The Balaban J connectivity index is 1.34. The number of hydrogen-bond donors (Lipinski definition) is 2. The van der Waals surface area contributed by atoms with Crippen LogP contribution in [0.4, 0.5) is 4.79 Å². The Bertz CT molecular complexity index is 479. The van der Waals surface area contributed by atoms with Gasteiger partial charge in [-0.15, -0.1) is 0 Å². The zero-order valence-corrected chi connectivity index (χ0v) is 12.7. The number of carbonyl (C=O) groups is 1. The van der Waals surface area contributed by atoms with Crippen LogP contribution in [0.2, 0.25) is 0 Å². The van der Waals surface area contributed by atoms with Crippen LogP contribution in [-0.4, -0.2) is 42.6 Å². The highest BCUT2D eigenvalue weighted by Gasteiger charge is 2.40. The lowest BCUT2D eigenvalue weighted by Crippen LogP contribution is -2.47. The van der Waals surface area contributed by atoms with Gasteiger partial charge >= 0.3 is 6.03 Å². The van der Waals surface area contributed by atoms with E-state index in [4.69, 9.17) is 9.47 Å². The minimum absolute atomic E-state index is 0.106. The predicted octanol–water partition coefficient (Wildman–Crippen LogP) is 1.61. The van der Waals surface area contributed by atoms with Gasteiger partial charge in [0.1, 0.15) is 0 Å². The van der Waals surface area contributed by atoms with Crippen LogP contribution in [0.5, 0.6) is 0 Å². The molecule has 2 heterocycles. The van der Waals surface area contributed by atoms with Crippen LogP contribution < -0.4 is 10.6 Å². The smallest absolute Gasteiger partial charge is 0.315 e.